The molecule has 0 unspecified atom stereocenters. The summed E-state index contributed by atoms with van der Waals surface area (Å²) in [6, 6.07) is 5.36. The Morgan fingerprint density at radius 2 is 2.07 bits per heavy atom. The second-order valence-electron chi connectivity index (χ2n) is 3.20. The molecule has 0 saturated heterocycles. The summed E-state index contributed by atoms with van der Waals surface area (Å²) in [5.74, 6) is 0. The Morgan fingerprint density at radius 3 is 2.93 bits per heavy atom. The Morgan fingerprint density at radius 1 is 1.21 bits per heavy atom. The Balaban J connectivity index is 2.91. The van der Waals surface area contributed by atoms with Crippen LogP contribution in [0.1, 0.15) is 0 Å². The van der Waals surface area contributed by atoms with Crippen LogP contribution in [-0.2, 0) is 0 Å². The molecule has 0 spiro atoms. The third-order valence-electron chi connectivity index (χ3n) is 2.44. The zero-order chi connectivity index (χ0) is 9.71. The summed E-state index contributed by atoms with van der Waals surface area (Å²) in [6.45, 7) is 0. The van der Waals surface area contributed by atoms with Gasteiger partial charge in [0.25, 0.3) is 0 Å². The second kappa shape index (κ2) is 2.35. The topological polar surface area (TPSA) is 42.9 Å². The molecule has 0 atom stereocenters. The predicted molar refractivity (Wildman–Crippen MR) is 54.7 cm³/mol. The maximum atomic E-state index is 11.7. The first-order valence-electron chi connectivity index (χ1n) is 4.21. The van der Waals surface area contributed by atoms with E-state index in [1.807, 2.05) is 6.07 Å². The van der Waals surface area contributed by atoms with Crippen molar-refractivity contribution in [3.63, 3.8) is 0 Å². The summed E-state index contributed by atoms with van der Waals surface area (Å²) in [4.78, 5) is 11.7. The fraction of sp³-hybridized carbons (Fsp3) is 0. The number of rotatable bonds is 0. The van der Waals surface area contributed by atoms with Crippen molar-refractivity contribution in [2.24, 2.45) is 0 Å². The van der Waals surface area contributed by atoms with Gasteiger partial charge >= 0.3 is 79.1 Å². The molecule has 0 aliphatic rings. The van der Waals surface area contributed by atoms with E-state index in [0.717, 1.165) is 5.39 Å². The minimum atomic E-state index is -0.125. The van der Waals surface area contributed by atoms with Crippen molar-refractivity contribution in [1.82, 2.24) is 10.2 Å². The van der Waals surface area contributed by atoms with Gasteiger partial charge in [-0.1, -0.05) is 0 Å². The quantitative estimate of drug-likeness (QED) is 0.477. The Bertz CT molecular complexity index is 667. The zero-order valence-electron chi connectivity index (χ0n) is 7.19. The van der Waals surface area contributed by atoms with Crippen LogP contribution in [-0.4, -0.2) is 17.7 Å². The summed E-state index contributed by atoms with van der Waals surface area (Å²) in [5.41, 5.74) is 0.592. The van der Waals surface area contributed by atoms with Crippen LogP contribution in [0.25, 0.3) is 21.7 Å². The third kappa shape index (κ3) is 0.731. The monoisotopic (exact) mass is 179 g/mol. The van der Waals surface area contributed by atoms with Crippen molar-refractivity contribution in [1.29, 1.82) is 0 Å². The molecule has 3 rings (SSSR count). The van der Waals surface area contributed by atoms with Crippen molar-refractivity contribution >= 4 is 29.2 Å². The molecule has 1 aromatic heterocycles. The van der Waals surface area contributed by atoms with Crippen LogP contribution in [0, 0.1) is 5.11 Å². The molecule has 14 heavy (non-hydrogen) atoms. The predicted octanol–water partition coefficient (Wildman–Crippen LogP) is 0.719. The van der Waals surface area contributed by atoms with E-state index in [1.165, 1.54) is 6.20 Å². The zero-order valence-corrected chi connectivity index (χ0v) is 7.19. The molecule has 0 bridgehead atoms. The minimum absolute atomic E-state index is 0.125. The Labute approximate surface area is 79.8 Å². The summed E-state index contributed by atoms with van der Waals surface area (Å²) in [7, 11) is 5.68. The Kier molecular flexibility index (Phi) is 1.27. The molecular weight excluding hydrogens is 175 g/mol. The van der Waals surface area contributed by atoms with Crippen LogP contribution < -0.4 is 5.43 Å². The first-order chi connectivity index (χ1) is 6.79. The van der Waals surface area contributed by atoms with Crippen molar-refractivity contribution in [3.05, 3.63) is 39.7 Å². The first-order valence-corrected chi connectivity index (χ1v) is 4.21. The molecule has 0 N–H and O–H groups in total. The van der Waals surface area contributed by atoms with Crippen LogP contribution in [0.3, 0.4) is 0 Å². The van der Waals surface area contributed by atoms with Gasteiger partial charge in [-0.2, -0.15) is 0 Å². The van der Waals surface area contributed by atoms with Gasteiger partial charge in [-0.05, 0) is 0 Å². The van der Waals surface area contributed by atoms with Gasteiger partial charge in [-0.25, -0.2) is 0 Å². The summed E-state index contributed by atoms with van der Waals surface area (Å²) < 4.78 is 0. The molecule has 2 aromatic carbocycles. The van der Waals surface area contributed by atoms with Crippen LogP contribution in [0.5, 0.6) is 0 Å². The van der Waals surface area contributed by atoms with Gasteiger partial charge in [0.2, 0.25) is 0 Å². The van der Waals surface area contributed by atoms with E-state index < -0.39 is 0 Å². The molecule has 0 amide bonds. The standard InChI is InChI=1S/C10H4BN2O/c11-9-6-4-12-13-7-3-1-2-5(8(6)7)10(9)14/h1-4H. The number of nitrogens with zero attached hydrogens (tertiary/aromatic N) is 2. The third-order valence-corrected chi connectivity index (χ3v) is 2.44. The molecular formula is C10H4BN2O. The molecule has 63 valence electrons. The number of aromatic nitrogens is 2. The van der Waals surface area contributed by atoms with Gasteiger partial charge in [0.15, 0.2) is 0 Å². The van der Waals surface area contributed by atoms with Gasteiger partial charge in [-0.3, -0.25) is 0 Å². The molecule has 0 fully saturated rings. The summed E-state index contributed by atoms with van der Waals surface area (Å²) in [5, 5.41) is 10.2. The van der Waals surface area contributed by atoms with E-state index >= 15 is 0 Å². The van der Waals surface area contributed by atoms with Crippen LogP contribution in [0.15, 0.2) is 29.2 Å². The van der Waals surface area contributed by atoms with Crippen LogP contribution in [0.2, 0.25) is 0 Å². The molecule has 0 aliphatic heterocycles. The molecule has 3 aromatic rings. The number of benzene rings is 1. The van der Waals surface area contributed by atoms with E-state index in [4.69, 9.17) is 7.49 Å². The fourth-order valence-corrected chi connectivity index (χ4v) is 1.78. The van der Waals surface area contributed by atoms with E-state index in [9.17, 15) is 4.79 Å². The van der Waals surface area contributed by atoms with E-state index in [2.05, 4.69) is 10.2 Å². The molecule has 0 saturated carbocycles. The van der Waals surface area contributed by atoms with Crippen LogP contribution in [0.4, 0.5) is 0 Å². The van der Waals surface area contributed by atoms with Crippen molar-refractivity contribution in [2.45, 2.75) is 0 Å². The molecule has 3 nitrogen and oxygen atoms in total. The van der Waals surface area contributed by atoms with Gasteiger partial charge in [0.1, 0.15) is 0 Å². The van der Waals surface area contributed by atoms with Crippen molar-refractivity contribution in [3.8, 4) is 0 Å². The molecule has 0 aliphatic carbocycles. The van der Waals surface area contributed by atoms with Crippen LogP contribution >= 0.6 is 0 Å². The average molecular weight is 179 g/mol. The number of hydrogen-bond acceptors (Lipinski definition) is 3. The van der Waals surface area contributed by atoms with Crippen molar-refractivity contribution < 1.29 is 0 Å². The molecule has 4 heteroatoms. The van der Waals surface area contributed by atoms with Gasteiger partial charge < -0.3 is 0 Å². The SMILES string of the molecule is [B]=c1c(=O)c2cccc3nncc1c32. The number of hydrogen-bond donors (Lipinski definition) is 0. The summed E-state index contributed by atoms with van der Waals surface area (Å²) >= 11 is 0. The van der Waals surface area contributed by atoms with E-state index in [0.29, 0.717) is 16.3 Å². The van der Waals surface area contributed by atoms with Gasteiger partial charge in [-0.15, -0.1) is 0 Å². The van der Waals surface area contributed by atoms with Crippen molar-refractivity contribution in [2.75, 3.05) is 0 Å². The fourth-order valence-electron chi connectivity index (χ4n) is 1.78. The van der Waals surface area contributed by atoms with Gasteiger partial charge in [0, 0.05) is 0 Å². The molecule has 1 radical (unpaired) electrons. The summed E-state index contributed by atoms with van der Waals surface area (Å²) in [6.07, 6.45) is 1.53. The average Bonchev–Trinajstić information content (AvgIpc) is 2.47. The first kappa shape index (κ1) is 7.56. The van der Waals surface area contributed by atoms with Gasteiger partial charge in [0.05, 0.1) is 0 Å². The maximum absolute atomic E-state index is 11.7. The van der Waals surface area contributed by atoms with E-state index in [1.54, 1.807) is 12.1 Å². The second-order valence-corrected chi connectivity index (χ2v) is 3.20. The Hall–Kier alpha value is -1.84. The van der Waals surface area contributed by atoms with E-state index in [-0.39, 0.29) is 10.5 Å². The molecule has 1 heterocycles. The normalized spacial score (nSPS) is 11.4.